The Balaban J connectivity index is 1.90. The van der Waals surface area contributed by atoms with Crippen LogP contribution in [0.5, 0.6) is 0 Å². The molecule has 1 aromatic carbocycles. The number of thiazole rings is 1. The Kier molecular flexibility index (Phi) is 5.80. The molecule has 0 fully saturated rings. The lowest BCUT2D eigenvalue weighted by molar-refractivity contribution is -0.136. The van der Waals surface area contributed by atoms with Gasteiger partial charge < -0.3 is 20.1 Å². The van der Waals surface area contributed by atoms with Gasteiger partial charge in [-0.2, -0.15) is 0 Å². The monoisotopic (exact) mass is 393 g/mol. The third-order valence-electron chi connectivity index (χ3n) is 3.86. The van der Waals surface area contributed by atoms with Gasteiger partial charge in [0.1, 0.15) is 5.70 Å². The molecule has 0 unspecified atom stereocenters. The average Bonchev–Trinajstić information content (AvgIpc) is 3.17. The van der Waals surface area contributed by atoms with Crippen LogP contribution in [0.1, 0.15) is 6.92 Å². The van der Waals surface area contributed by atoms with Crippen LogP contribution in [0.4, 0.5) is 5.69 Å². The zero-order valence-electron chi connectivity index (χ0n) is 14.4. The maximum absolute atomic E-state index is 12.6. The largest absolute Gasteiger partial charge is 0.466 e. The number of aliphatic hydroxyl groups excluding tert-OH is 1. The predicted octanol–water partition coefficient (Wildman–Crippen LogP) is 2.08. The zero-order valence-corrected chi connectivity index (χ0v) is 16.1. The van der Waals surface area contributed by atoms with Crippen LogP contribution in [0, 0.1) is 0 Å². The molecule has 2 heterocycles. The Morgan fingerprint density at radius 2 is 2.31 bits per heavy atom. The molecule has 0 radical (unpaired) electrons. The predicted molar refractivity (Wildman–Crippen MR) is 102 cm³/mol. The highest BCUT2D eigenvalue weighted by molar-refractivity contribution is 8.01. The molecule has 26 heavy (non-hydrogen) atoms. The fourth-order valence-electron chi connectivity index (χ4n) is 2.66. The van der Waals surface area contributed by atoms with Crippen LogP contribution < -0.4 is 5.32 Å². The number of hydrogen-bond acceptors (Lipinski definition) is 8. The number of amides is 1. The first-order valence-corrected chi connectivity index (χ1v) is 9.89. The highest BCUT2D eigenvalue weighted by Crippen LogP contribution is 2.32. The highest BCUT2D eigenvalue weighted by atomic mass is 32.2. The molecule has 138 valence electrons. The van der Waals surface area contributed by atoms with Crippen LogP contribution >= 0.6 is 23.1 Å². The number of aliphatic hydroxyl groups is 1. The maximum atomic E-state index is 12.6. The molecule has 1 aliphatic rings. The second-order valence-electron chi connectivity index (χ2n) is 5.52. The van der Waals surface area contributed by atoms with Gasteiger partial charge in [-0.25, -0.2) is 9.78 Å². The second-order valence-corrected chi connectivity index (χ2v) is 8.06. The van der Waals surface area contributed by atoms with E-state index in [0.29, 0.717) is 5.69 Å². The molecule has 0 spiro atoms. The minimum Gasteiger partial charge on any atom is -0.466 e. The summed E-state index contributed by atoms with van der Waals surface area (Å²) in [5, 5.41) is 12.2. The van der Waals surface area contributed by atoms with Crippen molar-refractivity contribution in [3.8, 4) is 0 Å². The van der Waals surface area contributed by atoms with Gasteiger partial charge in [0.2, 0.25) is 0 Å². The first-order chi connectivity index (χ1) is 12.6. The number of fused-ring (bicyclic) bond motifs is 1. The van der Waals surface area contributed by atoms with Crippen molar-refractivity contribution in [1.82, 2.24) is 9.88 Å². The molecule has 2 N–H and O–H groups in total. The van der Waals surface area contributed by atoms with Crippen LogP contribution in [0.2, 0.25) is 0 Å². The van der Waals surface area contributed by atoms with Crippen molar-refractivity contribution >= 4 is 50.9 Å². The van der Waals surface area contributed by atoms with Gasteiger partial charge in [0.05, 0.1) is 36.1 Å². The number of β-amino-alcohol motifs (C(OH)–C–C–N with tert-alkyl or cyclic N) is 1. The van der Waals surface area contributed by atoms with Crippen molar-refractivity contribution < 1.29 is 19.4 Å². The number of esters is 1. The van der Waals surface area contributed by atoms with Crippen molar-refractivity contribution in [3.63, 3.8) is 0 Å². The van der Waals surface area contributed by atoms with E-state index in [2.05, 4.69) is 17.2 Å². The standard InChI is InChI=1S/C17H19N3O4S2/c1-3-25-17-19-12-5-4-10(8-13(12)26-17)18-14-11(16(23)24-2)9-20(6-7-21)15(14)22/h4-5,8,18,21H,3,6-7,9H2,1-2H3. The van der Waals surface area contributed by atoms with E-state index in [1.165, 1.54) is 12.0 Å². The lowest BCUT2D eigenvalue weighted by Crippen LogP contribution is -2.31. The van der Waals surface area contributed by atoms with Crippen LogP contribution in [-0.2, 0) is 14.3 Å². The molecule has 0 atom stereocenters. The molecule has 1 aromatic heterocycles. The van der Waals surface area contributed by atoms with Crippen molar-refractivity contribution in [2.24, 2.45) is 0 Å². The summed E-state index contributed by atoms with van der Waals surface area (Å²) in [5.74, 6) is 0.0723. The summed E-state index contributed by atoms with van der Waals surface area (Å²) >= 11 is 3.28. The number of anilines is 1. The molecule has 1 aliphatic heterocycles. The summed E-state index contributed by atoms with van der Waals surface area (Å²) in [6.45, 7) is 2.19. The third kappa shape index (κ3) is 3.69. The molecule has 0 saturated heterocycles. The Hall–Kier alpha value is -2.10. The van der Waals surface area contributed by atoms with Gasteiger partial charge >= 0.3 is 5.97 Å². The second kappa shape index (κ2) is 8.07. The lowest BCUT2D eigenvalue weighted by Gasteiger charge is -2.15. The molecule has 7 nitrogen and oxygen atoms in total. The number of aromatic nitrogens is 1. The van der Waals surface area contributed by atoms with Gasteiger partial charge in [0, 0.05) is 12.2 Å². The van der Waals surface area contributed by atoms with E-state index in [0.717, 1.165) is 20.3 Å². The first-order valence-electron chi connectivity index (χ1n) is 8.09. The SMILES string of the molecule is CCSc1nc2ccc(NC3=C(C(=O)OC)CN(CCO)C3=O)cc2s1. The van der Waals surface area contributed by atoms with E-state index >= 15 is 0 Å². The van der Waals surface area contributed by atoms with Crippen molar-refractivity contribution in [1.29, 1.82) is 0 Å². The van der Waals surface area contributed by atoms with E-state index in [-0.39, 0.29) is 36.9 Å². The van der Waals surface area contributed by atoms with Gasteiger partial charge in [-0.05, 0) is 24.0 Å². The molecule has 1 amide bonds. The number of nitrogens with one attached hydrogen (secondary N) is 1. The smallest absolute Gasteiger partial charge is 0.337 e. The van der Waals surface area contributed by atoms with Gasteiger partial charge in [-0.1, -0.05) is 18.7 Å². The number of methoxy groups -OCH3 is 1. The number of benzene rings is 1. The summed E-state index contributed by atoms with van der Waals surface area (Å²) in [7, 11) is 1.28. The molecule has 0 bridgehead atoms. The van der Waals surface area contributed by atoms with Crippen LogP contribution in [0.3, 0.4) is 0 Å². The summed E-state index contributed by atoms with van der Waals surface area (Å²) in [4.78, 5) is 30.5. The topological polar surface area (TPSA) is 91.8 Å². The third-order valence-corrected chi connectivity index (χ3v) is 5.90. The first kappa shape index (κ1) is 18.7. The number of ether oxygens (including phenoxy) is 1. The molecular formula is C17H19N3O4S2. The Labute approximate surface area is 159 Å². The maximum Gasteiger partial charge on any atom is 0.337 e. The Morgan fingerprint density at radius 3 is 3.00 bits per heavy atom. The number of rotatable bonds is 7. The van der Waals surface area contributed by atoms with E-state index in [4.69, 9.17) is 9.84 Å². The fraction of sp³-hybridized carbons (Fsp3) is 0.353. The zero-order chi connectivity index (χ0) is 18.7. The minimum atomic E-state index is -0.554. The molecule has 2 aromatic rings. The van der Waals surface area contributed by atoms with Crippen molar-refractivity contribution in [2.45, 2.75) is 11.3 Å². The van der Waals surface area contributed by atoms with E-state index < -0.39 is 5.97 Å². The van der Waals surface area contributed by atoms with E-state index in [9.17, 15) is 9.59 Å². The summed E-state index contributed by atoms with van der Waals surface area (Å²) in [6.07, 6.45) is 0. The minimum absolute atomic E-state index is 0.120. The van der Waals surface area contributed by atoms with Crippen LogP contribution in [-0.4, -0.2) is 59.4 Å². The van der Waals surface area contributed by atoms with Crippen LogP contribution in [0.15, 0.2) is 33.8 Å². The normalized spacial score (nSPS) is 14.4. The van der Waals surface area contributed by atoms with Gasteiger partial charge in [0.15, 0.2) is 4.34 Å². The number of nitrogens with zero attached hydrogens (tertiary/aromatic N) is 2. The van der Waals surface area contributed by atoms with E-state index in [1.807, 2.05) is 18.2 Å². The number of hydrogen-bond donors (Lipinski definition) is 2. The van der Waals surface area contributed by atoms with Gasteiger partial charge in [0.25, 0.3) is 5.91 Å². The van der Waals surface area contributed by atoms with Crippen molar-refractivity contribution in [3.05, 3.63) is 29.5 Å². The molecule has 0 saturated carbocycles. The molecule has 0 aliphatic carbocycles. The van der Waals surface area contributed by atoms with Gasteiger partial charge in [-0.15, -0.1) is 11.3 Å². The lowest BCUT2D eigenvalue weighted by atomic mass is 10.2. The Morgan fingerprint density at radius 1 is 1.50 bits per heavy atom. The molecule has 3 rings (SSSR count). The van der Waals surface area contributed by atoms with Gasteiger partial charge in [-0.3, -0.25) is 4.79 Å². The number of thioether (sulfide) groups is 1. The molecular weight excluding hydrogens is 374 g/mol. The van der Waals surface area contributed by atoms with Crippen molar-refractivity contribution in [2.75, 3.05) is 37.9 Å². The fourth-order valence-corrected chi connectivity index (χ4v) is 4.66. The number of carbonyl (C=O) groups excluding carboxylic acids is 2. The molecule has 9 heteroatoms. The van der Waals surface area contributed by atoms with E-state index in [1.54, 1.807) is 23.1 Å². The summed E-state index contributed by atoms with van der Waals surface area (Å²) in [6, 6.07) is 5.63. The highest BCUT2D eigenvalue weighted by Gasteiger charge is 2.34. The summed E-state index contributed by atoms with van der Waals surface area (Å²) < 4.78 is 6.79. The van der Waals surface area contributed by atoms with Crippen LogP contribution in [0.25, 0.3) is 10.2 Å². The summed E-state index contributed by atoms with van der Waals surface area (Å²) in [5.41, 5.74) is 2.05. The number of carbonyl (C=O) groups is 2. The quantitative estimate of drug-likeness (QED) is 0.550. The Bertz CT molecular complexity index is 878. The average molecular weight is 393 g/mol.